The number of oxazole rings is 1. The van der Waals surface area contributed by atoms with Gasteiger partial charge in [0, 0.05) is 12.2 Å². The average molecular weight is 417 g/mol. The lowest BCUT2D eigenvalue weighted by atomic mass is 10.2. The first-order valence-corrected chi connectivity index (χ1v) is 10.5. The van der Waals surface area contributed by atoms with E-state index in [1.807, 2.05) is 49.4 Å². The maximum Gasteiger partial charge on any atom is 0.331 e. The van der Waals surface area contributed by atoms with Crippen molar-refractivity contribution >= 4 is 10.9 Å². The molecule has 1 atom stereocenters. The highest BCUT2D eigenvalue weighted by molar-refractivity contribution is 5.77. The summed E-state index contributed by atoms with van der Waals surface area (Å²) in [6.45, 7) is 2.98. The molecule has 31 heavy (non-hydrogen) atoms. The predicted octanol–water partition coefficient (Wildman–Crippen LogP) is 3.35. The summed E-state index contributed by atoms with van der Waals surface area (Å²) < 4.78 is 14.4. The minimum Gasteiger partial charge on any atom is -0.441 e. The van der Waals surface area contributed by atoms with E-state index < -0.39 is 0 Å². The Morgan fingerprint density at radius 2 is 1.81 bits per heavy atom. The van der Waals surface area contributed by atoms with Crippen LogP contribution in [0.4, 0.5) is 0 Å². The van der Waals surface area contributed by atoms with Crippen molar-refractivity contribution in [3.8, 4) is 11.5 Å². The second-order valence-electron chi connectivity index (χ2n) is 7.82. The van der Waals surface area contributed by atoms with Gasteiger partial charge in [-0.2, -0.15) is 0 Å². The number of benzene rings is 2. The Morgan fingerprint density at radius 1 is 1.03 bits per heavy atom. The molecule has 2 aromatic heterocycles. The Morgan fingerprint density at radius 3 is 2.58 bits per heavy atom. The first-order valence-electron chi connectivity index (χ1n) is 10.5. The van der Waals surface area contributed by atoms with Crippen molar-refractivity contribution in [3.63, 3.8) is 0 Å². The topological polar surface area (TPSA) is 79.3 Å². The molecule has 158 valence electrons. The second-order valence-corrected chi connectivity index (χ2v) is 7.82. The van der Waals surface area contributed by atoms with Crippen LogP contribution in [0, 0.1) is 6.92 Å². The zero-order valence-electron chi connectivity index (χ0n) is 17.3. The molecule has 0 spiro atoms. The number of rotatable bonds is 5. The minimum atomic E-state index is -0.358. The summed E-state index contributed by atoms with van der Waals surface area (Å²) in [5.41, 5.74) is 1.48. The lowest BCUT2D eigenvalue weighted by Crippen LogP contribution is -2.42. The fourth-order valence-corrected chi connectivity index (χ4v) is 4.11. The van der Waals surface area contributed by atoms with Gasteiger partial charge in [0.2, 0.25) is 5.89 Å². The van der Waals surface area contributed by atoms with Crippen LogP contribution in [0.15, 0.2) is 68.6 Å². The van der Waals surface area contributed by atoms with Crippen LogP contribution in [0.1, 0.15) is 24.3 Å². The molecule has 0 saturated carbocycles. The molecule has 0 aliphatic carbocycles. The summed E-state index contributed by atoms with van der Waals surface area (Å²) in [5, 5.41) is 0.504. The van der Waals surface area contributed by atoms with Gasteiger partial charge in [0.05, 0.1) is 30.1 Å². The number of aryl methyl sites for hydroxylation is 1. The van der Waals surface area contributed by atoms with Gasteiger partial charge in [-0.15, -0.1) is 0 Å². The molecule has 0 bridgehead atoms. The highest BCUT2D eigenvalue weighted by Crippen LogP contribution is 2.22. The van der Waals surface area contributed by atoms with Crippen LogP contribution in [-0.2, 0) is 17.8 Å². The Labute approximate surface area is 178 Å². The van der Waals surface area contributed by atoms with Gasteiger partial charge < -0.3 is 9.15 Å². The van der Waals surface area contributed by atoms with Gasteiger partial charge in [-0.3, -0.25) is 13.9 Å². The number of fused-ring (bicyclic) bond motifs is 1. The number of hydrogen-bond donors (Lipinski definition) is 0. The Kier molecular flexibility index (Phi) is 5.03. The molecule has 3 heterocycles. The van der Waals surface area contributed by atoms with Crippen LogP contribution < -0.4 is 11.2 Å². The fraction of sp³-hybridized carbons (Fsp3) is 0.292. The van der Waals surface area contributed by atoms with Gasteiger partial charge in [0.15, 0.2) is 0 Å². The molecule has 5 rings (SSSR count). The zero-order chi connectivity index (χ0) is 21.4. The van der Waals surface area contributed by atoms with Crippen LogP contribution in [0.5, 0.6) is 0 Å². The maximum atomic E-state index is 13.4. The monoisotopic (exact) mass is 417 g/mol. The second kappa shape index (κ2) is 8.00. The van der Waals surface area contributed by atoms with Gasteiger partial charge in [0.25, 0.3) is 5.56 Å². The Hall–Kier alpha value is -3.45. The third-order valence-electron chi connectivity index (χ3n) is 5.76. The molecular weight excluding hydrogens is 394 g/mol. The molecular formula is C24H23N3O4. The molecule has 0 amide bonds. The average Bonchev–Trinajstić information content (AvgIpc) is 3.44. The normalized spacial score (nSPS) is 16.2. The molecule has 0 N–H and O–H groups in total. The van der Waals surface area contributed by atoms with Crippen LogP contribution in [0.3, 0.4) is 0 Å². The minimum absolute atomic E-state index is 0.113. The molecule has 1 unspecified atom stereocenters. The van der Waals surface area contributed by atoms with Crippen molar-refractivity contribution in [2.24, 2.45) is 0 Å². The lowest BCUT2D eigenvalue weighted by molar-refractivity contribution is 0.0948. The molecule has 1 aliphatic heterocycles. The first kappa shape index (κ1) is 19.5. The van der Waals surface area contributed by atoms with Crippen molar-refractivity contribution in [2.45, 2.75) is 39.0 Å². The molecule has 0 radical (unpaired) electrons. The smallest absolute Gasteiger partial charge is 0.331 e. The van der Waals surface area contributed by atoms with E-state index in [0.29, 0.717) is 34.9 Å². The van der Waals surface area contributed by atoms with Gasteiger partial charge in [-0.1, -0.05) is 30.3 Å². The standard InChI is InChI=1S/C24H23N3O4/c1-16-20(25-22(31-16)17-8-3-2-4-9-17)15-26-21-12-6-5-11-19(21)23(28)27(24(26)29)14-18-10-7-13-30-18/h2-6,8-9,11-12,18H,7,10,13-15H2,1H3. The largest absolute Gasteiger partial charge is 0.441 e. The summed E-state index contributed by atoms with van der Waals surface area (Å²) in [6.07, 6.45) is 1.68. The highest BCUT2D eigenvalue weighted by Gasteiger charge is 2.21. The molecule has 2 aromatic carbocycles. The van der Waals surface area contributed by atoms with Crippen molar-refractivity contribution < 1.29 is 9.15 Å². The van der Waals surface area contributed by atoms with Gasteiger partial charge >= 0.3 is 5.69 Å². The van der Waals surface area contributed by atoms with E-state index in [1.54, 1.807) is 16.7 Å². The predicted molar refractivity (Wildman–Crippen MR) is 117 cm³/mol. The summed E-state index contributed by atoms with van der Waals surface area (Å²) in [6, 6.07) is 16.8. The maximum absolute atomic E-state index is 13.4. The van der Waals surface area contributed by atoms with E-state index >= 15 is 0 Å². The molecule has 7 nitrogen and oxygen atoms in total. The van der Waals surface area contributed by atoms with Gasteiger partial charge in [0.1, 0.15) is 11.5 Å². The van der Waals surface area contributed by atoms with Crippen LogP contribution >= 0.6 is 0 Å². The fourth-order valence-electron chi connectivity index (χ4n) is 4.11. The molecule has 4 aromatic rings. The van der Waals surface area contributed by atoms with Crippen molar-refractivity contribution in [2.75, 3.05) is 6.61 Å². The molecule has 1 saturated heterocycles. The van der Waals surface area contributed by atoms with Crippen LogP contribution in [-0.4, -0.2) is 26.8 Å². The van der Waals surface area contributed by atoms with E-state index in [2.05, 4.69) is 4.98 Å². The molecule has 1 fully saturated rings. The van der Waals surface area contributed by atoms with Crippen molar-refractivity contribution in [3.05, 3.63) is 86.9 Å². The van der Waals surface area contributed by atoms with Crippen molar-refractivity contribution in [1.82, 2.24) is 14.1 Å². The molecule has 7 heteroatoms. The number of ether oxygens (including phenoxy) is 1. The third-order valence-corrected chi connectivity index (χ3v) is 5.76. The van der Waals surface area contributed by atoms with Crippen LogP contribution in [0.25, 0.3) is 22.4 Å². The highest BCUT2D eigenvalue weighted by atomic mass is 16.5. The quantitative estimate of drug-likeness (QED) is 0.498. The number of para-hydroxylation sites is 1. The summed E-state index contributed by atoms with van der Waals surface area (Å²) in [7, 11) is 0. The Bertz CT molecular complexity index is 1350. The van der Waals surface area contributed by atoms with Gasteiger partial charge in [-0.25, -0.2) is 9.78 Å². The SMILES string of the molecule is Cc1oc(-c2ccccc2)nc1Cn1c(=O)n(CC2CCCO2)c(=O)c2ccccc21. The number of nitrogens with zero attached hydrogens (tertiary/aromatic N) is 3. The van der Waals surface area contributed by atoms with E-state index in [4.69, 9.17) is 9.15 Å². The lowest BCUT2D eigenvalue weighted by Gasteiger charge is -2.16. The Balaban J connectivity index is 1.61. The third kappa shape index (κ3) is 3.61. The molecule has 1 aliphatic rings. The number of hydrogen-bond acceptors (Lipinski definition) is 5. The summed E-state index contributed by atoms with van der Waals surface area (Å²) >= 11 is 0. The van der Waals surface area contributed by atoms with E-state index in [1.165, 1.54) is 4.57 Å². The van der Waals surface area contributed by atoms with E-state index in [-0.39, 0.29) is 30.4 Å². The van der Waals surface area contributed by atoms with E-state index in [0.717, 1.165) is 18.4 Å². The van der Waals surface area contributed by atoms with Gasteiger partial charge in [-0.05, 0) is 44.0 Å². The zero-order valence-corrected chi connectivity index (χ0v) is 17.3. The van der Waals surface area contributed by atoms with E-state index in [9.17, 15) is 9.59 Å². The van der Waals surface area contributed by atoms with Crippen LogP contribution in [0.2, 0.25) is 0 Å². The summed E-state index contributed by atoms with van der Waals surface area (Å²) in [4.78, 5) is 31.1. The first-order chi connectivity index (χ1) is 15.1. The number of aromatic nitrogens is 3. The summed E-state index contributed by atoms with van der Waals surface area (Å²) in [5.74, 6) is 1.16. The van der Waals surface area contributed by atoms with Crippen molar-refractivity contribution in [1.29, 1.82) is 0 Å².